The van der Waals surface area contributed by atoms with Crippen LogP contribution in [-0.4, -0.2) is 16.9 Å². The minimum absolute atomic E-state index is 0.166. The number of hydrogen-bond acceptors (Lipinski definition) is 4. The van der Waals surface area contributed by atoms with Gasteiger partial charge in [-0.25, -0.2) is 9.78 Å². The molecule has 0 unspecified atom stereocenters. The number of amides is 3. The van der Waals surface area contributed by atoms with Gasteiger partial charge in [-0.15, -0.1) is 11.3 Å². The number of nitrogens with zero attached hydrogens (tertiary/aromatic N) is 1. The van der Waals surface area contributed by atoms with Crippen molar-refractivity contribution in [1.82, 2.24) is 10.3 Å². The molecule has 0 radical (unpaired) electrons. The molecule has 0 bridgehead atoms. The number of urea groups is 1. The molecule has 0 saturated carbocycles. The molecule has 0 aromatic carbocycles. The number of imide groups is 1. The Hall–Kier alpha value is -0.950. The van der Waals surface area contributed by atoms with E-state index in [1.165, 1.54) is 16.8 Å². The van der Waals surface area contributed by atoms with Crippen molar-refractivity contribution in [2.45, 2.75) is 0 Å². The third-order valence-corrected chi connectivity index (χ3v) is 2.52. The first-order valence-corrected chi connectivity index (χ1v) is 4.48. The summed E-state index contributed by atoms with van der Waals surface area (Å²) in [6, 6.07) is -0.889. The van der Waals surface area contributed by atoms with E-state index in [9.17, 15) is 9.59 Å². The Labute approximate surface area is 80.1 Å². The van der Waals surface area contributed by atoms with Gasteiger partial charge >= 0.3 is 6.03 Å². The minimum Gasteiger partial charge on any atom is -0.351 e. The monoisotopic (exact) mass is 249 g/mol. The first kappa shape index (κ1) is 9.14. The first-order chi connectivity index (χ1) is 5.61. The third-order valence-electron chi connectivity index (χ3n) is 0.976. The molecule has 12 heavy (non-hydrogen) atoms. The predicted octanol–water partition coefficient (Wildman–Crippen LogP) is 0.714. The van der Waals surface area contributed by atoms with Gasteiger partial charge in [0.1, 0.15) is 3.79 Å². The van der Waals surface area contributed by atoms with Crippen LogP contribution in [0.5, 0.6) is 0 Å². The fourth-order valence-electron chi connectivity index (χ4n) is 0.551. The number of nitrogens with two attached hydrogens (primary N) is 1. The summed E-state index contributed by atoms with van der Waals surface area (Å²) < 4.78 is 0.571. The zero-order valence-electron chi connectivity index (χ0n) is 5.70. The number of halogens is 1. The van der Waals surface area contributed by atoms with Crippen molar-refractivity contribution in [3.63, 3.8) is 0 Å². The molecular formula is C5H4BrN3O2S. The SMILES string of the molecule is NC(=O)NC(=O)c1ncsc1Br. The molecule has 0 aliphatic heterocycles. The van der Waals surface area contributed by atoms with E-state index >= 15 is 0 Å². The average molecular weight is 250 g/mol. The molecule has 1 rings (SSSR count). The highest BCUT2D eigenvalue weighted by atomic mass is 79.9. The summed E-state index contributed by atoms with van der Waals surface area (Å²) in [5.74, 6) is -0.601. The second-order valence-corrected chi connectivity index (χ2v) is 3.97. The fraction of sp³-hybridized carbons (Fsp3) is 0. The summed E-state index contributed by atoms with van der Waals surface area (Å²) in [4.78, 5) is 25.0. The van der Waals surface area contributed by atoms with Crippen LogP contribution >= 0.6 is 27.3 Å². The van der Waals surface area contributed by atoms with Crippen molar-refractivity contribution in [3.8, 4) is 0 Å². The topological polar surface area (TPSA) is 85.1 Å². The van der Waals surface area contributed by atoms with Crippen molar-refractivity contribution in [2.75, 3.05) is 0 Å². The first-order valence-electron chi connectivity index (χ1n) is 2.81. The zero-order chi connectivity index (χ0) is 9.14. The third kappa shape index (κ3) is 2.02. The molecule has 0 atom stereocenters. The summed E-state index contributed by atoms with van der Waals surface area (Å²) in [6.07, 6.45) is 0. The Morgan fingerprint density at radius 1 is 1.67 bits per heavy atom. The smallest absolute Gasteiger partial charge is 0.319 e. The van der Waals surface area contributed by atoms with Gasteiger partial charge in [0.05, 0.1) is 5.51 Å². The summed E-state index contributed by atoms with van der Waals surface area (Å²) in [6.45, 7) is 0. The molecule has 7 heteroatoms. The number of aromatic nitrogens is 1. The maximum Gasteiger partial charge on any atom is 0.319 e. The van der Waals surface area contributed by atoms with Crippen molar-refractivity contribution < 1.29 is 9.59 Å². The van der Waals surface area contributed by atoms with Crippen LogP contribution in [0.4, 0.5) is 4.79 Å². The van der Waals surface area contributed by atoms with E-state index in [1.54, 1.807) is 0 Å². The number of carbonyl (C=O) groups excluding carboxylic acids is 2. The maximum absolute atomic E-state index is 11.0. The van der Waals surface area contributed by atoms with Crippen LogP contribution in [0.2, 0.25) is 0 Å². The van der Waals surface area contributed by atoms with Gasteiger partial charge in [-0.3, -0.25) is 10.1 Å². The standard InChI is InChI=1S/C5H4BrN3O2S/c6-3-2(8-1-12-3)4(10)9-5(7)11/h1H,(H3,7,9,10,11). The van der Waals surface area contributed by atoms with Gasteiger partial charge in [-0.1, -0.05) is 0 Å². The highest BCUT2D eigenvalue weighted by Gasteiger charge is 2.13. The van der Waals surface area contributed by atoms with Gasteiger partial charge in [0.25, 0.3) is 5.91 Å². The van der Waals surface area contributed by atoms with Gasteiger partial charge in [-0.05, 0) is 15.9 Å². The molecule has 1 aromatic heterocycles. The van der Waals surface area contributed by atoms with E-state index < -0.39 is 11.9 Å². The van der Waals surface area contributed by atoms with Crippen LogP contribution in [0.15, 0.2) is 9.30 Å². The molecule has 3 N–H and O–H groups in total. The van der Waals surface area contributed by atoms with Gasteiger partial charge in [-0.2, -0.15) is 0 Å². The lowest BCUT2D eigenvalue weighted by Gasteiger charge is -1.95. The predicted molar refractivity (Wildman–Crippen MR) is 46.9 cm³/mol. The van der Waals surface area contributed by atoms with Gasteiger partial charge in [0.2, 0.25) is 0 Å². The van der Waals surface area contributed by atoms with E-state index in [2.05, 4.69) is 20.9 Å². The van der Waals surface area contributed by atoms with Gasteiger partial charge in [0, 0.05) is 0 Å². The van der Waals surface area contributed by atoms with E-state index in [0.717, 1.165) is 0 Å². The summed E-state index contributed by atoms with van der Waals surface area (Å²) >= 11 is 4.35. The van der Waals surface area contributed by atoms with Crippen LogP contribution in [0.1, 0.15) is 10.5 Å². The Balaban J connectivity index is 2.78. The lowest BCUT2D eigenvalue weighted by molar-refractivity contribution is 0.0961. The molecule has 5 nitrogen and oxygen atoms in total. The molecule has 3 amide bonds. The highest BCUT2D eigenvalue weighted by molar-refractivity contribution is 9.11. The number of hydrogen-bond donors (Lipinski definition) is 2. The van der Waals surface area contributed by atoms with Crippen LogP contribution < -0.4 is 11.1 Å². The lowest BCUT2D eigenvalue weighted by Crippen LogP contribution is -2.35. The lowest BCUT2D eigenvalue weighted by atomic mass is 10.5. The quantitative estimate of drug-likeness (QED) is 0.769. The number of thiazole rings is 1. The number of primary amides is 1. The van der Waals surface area contributed by atoms with E-state index in [-0.39, 0.29) is 5.69 Å². The Kier molecular flexibility index (Phi) is 2.77. The van der Waals surface area contributed by atoms with Crippen LogP contribution in [0, 0.1) is 0 Å². The Morgan fingerprint density at radius 3 is 2.75 bits per heavy atom. The second kappa shape index (κ2) is 3.63. The van der Waals surface area contributed by atoms with Crippen molar-refractivity contribution in [3.05, 3.63) is 15.0 Å². The van der Waals surface area contributed by atoms with Crippen molar-refractivity contribution in [1.29, 1.82) is 0 Å². The van der Waals surface area contributed by atoms with Crippen molar-refractivity contribution in [2.24, 2.45) is 5.73 Å². The number of carbonyl (C=O) groups is 2. The highest BCUT2D eigenvalue weighted by Crippen LogP contribution is 2.19. The molecule has 0 aliphatic rings. The number of nitrogens with one attached hydrogen (secondary N) is 1. The van der Waals surface area contributed by atoms with E-state index in [0.29, 0.717) is 3.79 Å². The molecular weight excluding hydrogens is 246 g/mol. The Morgan fingerprint density at radius 2 is 2.33 bits per heavy atom. The molecule has 64 valence electrons. The molecule has 0 fully saturated rings. The van der Waals surface area contributed by atoms with Crippen LogP contribution in [0.25, 0.3) is 0 Å². The molecule has 0 aliphatic carbocycles. The largest absolute Gasteiger partial charge is 0.351 e. The molecule has 0 spiro atoms. The fourth-order valence-corrected chi connectivity index (χ4v) is 1.59. The summed E-state index contributed by atoms with van der Waals surface area (Å²) in [7, 11) is 0. The number of rotatable bonds is 1. The normalized spacial score (nSPS) is 9.42. The van der Waals surface area contributed by atoms with Crippen LogP contribution in [0.3, 0.4) is 0 Å². The molecule has 1 aromatic rings. The molecule has 1 heterocycles. The van der Waals surface area contributed by atoms with E-state index in [1.807, 2.05) is 5.32 Å². The van der Waals surface area contributed by atoms with E-state index in [4.69, 9.17) is 5.73 Å². The Bertz CT molecular complexity index is 324. The summed E-state index contributed by atoms with van der Waals surface area (Å²) in [5, 5.41) is 1.90. The average Bonchev–Trinajstić information content (AvgIpc) is 2.33. The summed E-state index contributed by atoms with van der Waals surface area (Å²) in [5.41, 5.74) is 6.39. The maximum atomic E-state index is 11.0. The minimum atomic E-state index is -0.889. The second-order valence-electron chi connectivity index (χ2n) is 1.79. The van der Waals surface area contributed by atoms with Gasteiger partial charge < -0.3 is 5.73 Å². The van der Waals surface area contributed by atoms with Crippen molar-refractivity contribution >= 4 is 39.2 Å². The van der Waals surface area contributed by atoms with Gasteiger partial charge in [0.15, 0.2) is 5.69 Å². The van der Waals surface area contributed by atoms with Crippen LogP contribution in [-0.2, 0) is 0 Å². The zero-order valence-corrected chi connectivity index (χ0v) is 8.11. The molecule has 0 saturated heterocycles.